The summed E-state index contributed by atoms with van der Waals surface area (Å²) in [5.41, 5.74) is 3.54. The second-order valence-corrected chi connectivity index (χ2v) is 8.24. The Labute approximate surface area is 175 Å². The molecule has 144 valence electrons. The highest BCUT2D eigenvalue weighted by Crippen LogP contribution is 2.30. The maximum absolute atomic E-state index is 4.95. The van der Waals surface area contributed by atoms with Gasteiger partial charge in [0.05, 0.1) is 5.52 Å². The Morgan fingerprint density at radius 2 is 1.66 bits per heavy atom. The van der Waals surface area contributed by atoms with E-state index in [1.54, 1.807) is 0 Å². The van der Waals surface area contributed by atoms with Crippen molar-refractivity contribution in [3.05, 3.63) is 90.0 Å². The first-order valence-electron chi connectivity index (χ1n) is 9.87. The van der Waals surface area contributed by atoms with E-state index in [0.717, 1.165) is 48.1 Å². The molecular formula is C24H22N4S. The van der Waals surface area contributed by atoms with Gasteiger partial charge in [0.15, 0.2) is 0 Å². The lowest BCUT2D eigenvalue weighted by Gasteiger charge is -2.22. The van der Waals surface area contributed by atoms with Gasteiger partial charge in [0.1, 0.15) is 5.82 Å². The zero-order chi connectivity index (χ0) is 19.5. The highest BCUT2D eigenvalue weighted by Gasteiger charge is 2.18. The number of anilines is 2. The number of fused-ring (bicyclic) bond motifs is 2. The third-order valence-electron chi connectivity index (χ3n) is 5.13. The van der Waals surface area contributed by atoms with E-state index in [0.29, 0.717) is 0 Å². The van der Waals surface area contributed by atoms with Gasteiger partial charge in [-0.2, -0.15) is 4.98 Å². The summed E-state index contributed by atoms with van der Waals surface area (Å²) in [6.07, 6.45) is 0. The Morgan fingerprint density at radius 1 is 0.862 bits per heavy atom. The molecule has 2 heterocycles. The fraction of sp³-hybridized carbons (Fsp3) is 0.167. The zero-order valence-electron chi connectivity index (χ0n) is 16.1. The third kappa shape index (κ3) is 3.91. The predicted octanol–water partition coefficient (Wildman–Crippen LogP) is 5.35. The molecule has 4 aromatic rings. The highest BCUT2D eigenvalue weighted by atomic mass is 32.2. The minimum atomic E-state index is 0.736. The Kier molecular flexibility index (Phi) is 5.05. The van der Waals surface area contributed by atoms with Gasteiger partial charge in [-0.25, -0.2) is 4.98 Å². The van der Waals surface area contributed by atoms with E-state index in [1.165, 1.54) is 16.0 Å². The van der Waals surface area contributed by atoms with E-state index < -0.39 is 0 Å². The van der Waals surface area contributed by atoms with Crippen LogP contribution in [0.5, 0.6) is 0 Å². The van der Waals surface area contributed by atoms with Gasteiger partial charge in [0, 0.05) is 35.7 Å². The molecule has 29 heavy (non-hydrogen) atoms. The number of nitrogens with one attached hydrogen (secondary N) is 1. The SMILES string of the molecule is c1ccc(CNc2nc(N3CCSc4ccccc4C3)nc3ccccc23)cc1. The summed E-state index contributed by atoms with van der Waals surface area (Å²) in [6, 6.07) is 27.3. The van der Waals surface area contributed by atoms with Crippen LogP contribution in [0.25, 0.3) is 10.9 Å². The maximum atomic E-state index is 4.95. The zero-order valence-corrected chi connectivity index (χ0v) is 16.9. The monoisotopic (exact) mass is 398 g/mol. The summed E-state index contributed by atoms with van der Waals surface area (Å²) >= 11 is 1.91. The number of para-hydroxylation sites is 1. The quantitative estimate of drug-likeness (QED) is 0.502. The molecule has 0 radical (unpaired) electrons. The van der Waals surface area contributed by atoms with Gasteiger partial charge in [-0.15, -0.1) is 11.8 Å². The number of aromatic nitrogens is 2. The second kappa shape index (κ2) is 8.13. The van der Waals surface area contributed by atoms with Gasteiger partial charge >= 0.3 is 0 Å². The maximum Gasteiger partial charge on any atom is 0.228 e. The fourth-order valence-electron chi connectivity index (χ4n) is 3.62. The van der Waals surface area contributed by atoms with Gasteiger partial charge in [0.2, 0.25) is 5.95 Å². The van der Waals surface area contributed by atoms with E-state index in [4.69, 9.17) is 9.97 Å². The van der Waals surface area contributed by atoms with Crippen LogP contribution in [0.15, 0.2) is 83.8 Å². The molecule has 3 aromatic carbocycles. The van der Waals surface area contributed by atoms with Crippen LogP contribution in [0.4, 0.5) is 11.8 Å². The summed E-state index contributed by atoms with van der Waals surface area (Å²) < 4.78 is 0. The molecule has 0 atom stereocenters. The minimum Gasteiger partial charge on any atom is -0.365 e. The van der Waals surface area contributed by atoms with Crippen LogP contribution in [-0.4, -0.2) is 22.3 Å². The number of rotatable bonds is 4. The molecule has 0 amide bonds. The Morgan fingerprint density at radius 3 is 2.59 bits per heavy atom. The molecule has 0 fully saturated rings. The Hall–Kier alpha value is -3.05. The molecule has 0 spiro atoms. The van der Waals surface area contributed by atoms with Crippen molar-refractivity contribution >= 4 is 34.4 Å². The lowest BCUT2D eigenvalue weighted by molar-refractivity contribution is 0.800. The molecule has 4 nitrogen and oxygen atoms in total. The van der Waals surface area contributed by atoms with E-state index in [2.05, 4.69) is 70.9 Å². The van der Waals surface area contributed by atoms with Crippen molar-refractivity contribution in [3.8, 4) is 0 Å². The third-order valence-corrected chi connectivity index (χ3v) is 6.23. The van der Waals surface area contributed by atoms with Gasteiger partial charge in [-0.3, -0.25) is 0 Å². The second-order valence-electron chi connectivity index (χ2n) is 7.11. The van der Waals surface area contributed by atoms with Crippen LogP contribution in [0.1, 0.15) is 11.1 Å². The molecule has 1 aromatic heterocycles. The lowest BCUT2D eigenvalue weighted by Crippen LogP contribution is -2.26. The summed E-state index contributed by atoms with van der Waals surface area (Å²) in [4.78, 5) is 13.5. The molecule has 5 rings (SSSR count). The van der Waals surface area contributed by atoms with Crippen LogP contribution < -0.4 is 10.2 Å². The van der Waals surface area contributed by atoms with Crippen LogP contribution in [0.3, 0.4) is 0 Å². The van der Waals surface area contributed by atoms with Gasteiger partial charge < -0.3 is 10.2 Å². The van der Waals surface area contributed by atoms with Crippen molar-refractivity contribution in [2.75, 3.05) is 22.5 Å². The number of hydrogen-bond donors (Lipinski definition) is 1. The number of thioether (sulfide) groups is 1. The highest BCUT2D eigenvalue weighted by molar-refractivity contribution is 7.99. The Bertz CT molecular complexity index is 1130. The largest absolute Gasteiger partial charge is 0.365 e. The molecule has 5 heteroatoms. The van der Waals surface area contributed by atoms with Crippen molar-refractivity contribution < 1.29 is 0 Å². The van der Waals surface area contributed by atoms with E-state index in [1.807, 2.05) is 30.0 Å². The van der Waals surface area contributed by atoms with Crippen LogP contribution in [0, 0.1) is 0 Å². The van der Waals surface area contributed by atoms with Gasteiger partial charge in [0.25, 0.3) is 0 Å². The summed E-state index contributed by atoms with van der Waals surface area (Å²) in [5.74, 6) is 2.70. The average molecular weight is 399 g/mol. The first-order valence-corrected chi connectivity index (χ1v) is 10.9. The van der Waals surface area contributed by atoms with Crippen molar-refractivity contribution in [1.82, 2.24) is 9.97 Å². The van der Waals surface area contributed by atoms with Crippen molar-refractivity contribution in [2.45, 2.75) is 18.0 Å². The van der Waals surface area contributed by atoms with Gasteiger partial charge in [-0.1, -0.05) is 60.7 Å². The molecule has 0 bridgehead atoms. The molecular weight excluding hydrogens is 376 g/mol. The number of benzene rings is 3. The molecule has 0 unspecified atom stereocenters. The van der Waals surface area contributed by atoms with Crippen molar-refractivity contribution in [1.29, 1.82) is 0 Å². The van der Waals surface area contributed by atoms with Crippen LogP contribution >= 0.6 is 11.8 Å². The lowest BCUT2D eigenvalue weighted by atomic mass is 10.2. The standard InChI is InChI=1S/C24H22N4S/c1-2-8-18(9-3-1)16-25-23-20-11-5-6-12-21(20)26-24(27-23)28-14-15-29-22-13-7-4-10-19(22)17-28/h1-13H,14-17H2,(H,25,26,27). The normalized spacial score (nSPS) is 13.7. The van der Waals surface area contributed by atoms with Crippen LogP contribution in [0.2, 0.25) is 0 Å². The molecule has 0 saturated heterocycles. The summed E-state index contributed by atoms with van der Waals surface area (Å²) in [6.45, 7) is 2.50. The first kappa shape index (κ1) is 18.0. The predicted molar refractivity (Wildman–Crippen MR) is 122 cm³/mol. The van der Waals surface area contributed by atoms with Gasteiger partial charge in [-0.05, 0) is 29.3 Å². The van der Waals surface area contributed by atoms with Crippen molar-refractivity contribution in [3.63, 3.8) is 0 Å². The minimum absolute atomic E-state index is 0.736. The smallest absolute Gasteiger partial charge is 0.228 e. The van der Waals surface area contributed by atoms with E-state index in [9.17, 15) is 0 Å². The van der Waals surface area contributed by atoms with E-state index in [-0.39, 0.29) is 0 Å². The van der Waals surface area contributed by atoms with Crippen LogP contribution in [-0.2, 0) is 13.1 Å². The molecule has 1 aliphatic heterocycles. The molecule has 0 saturated carbocycles. The molecule has 1 N–H and O–H groups in total. The Balaban J connectivity index is 1.49. The van der Waals surface area contributed by atoms with Crippen molar-refractivity contribution in [2.24, 2.45) is 0 Å². The number of nitrogens with zero attached hydrogens (tertiary/aromatic N) is 3. The van der Waals surface area contributed by atoms with E-state index >= 15 is 0 Å². The fourth-order valence-corrected chi connectivity index (χ4v) is 4.64. The molecule has 1 aliphatic rings. The average Bonchev–Trinajstić information content (AvgIpc) is 3.00. The first-order chi connectivity index (χ1) is 14.4. The topological polar surface area (TPSA) is 41.1 Å². The summed E-state index contributed by atoms with van der Waals surface area (Å²) in [5, 5.41) is 4.59. The molecule has 0 aliphatic carbocycles. The number of hydrogen-bond acceptors (Lipinski definition) is 5. The summed E-state index contributed by atoms with van der Waals surface area (Å²) in [7, 11) is 0.